The Kier molecular flexibility index (Phi) is 7.57. The SMILES string of the molecule is COC(=O)c1sccc1S(=O)(=O)NC(COC(C)(C)C)C(=O)OC(C)(C)C. The molecule has 0 fully saturated rings. The van der Waals surface area contributed by atoms with Gasteiger partial charge in [0.05, 0.1) is 19.3 Å². The van der Waals surface area contributed by atoms with E-state index in [1.807, 2.05) is 0 Å². The molecule has 1 N–H and O–H groups in total. The molecule has 27 heavy (non-hydrogen) atoms. The van der Waals surface area contributed by atoms with Crippen molar-refractivity contribution < 1.29 is 32.2 Å². The number of carbonyl (C=O) groups is 2. The molecule has 0 aliphatic carbocycles. The van der Waals surface area contributed by atoms with Crippen LogP contribution in [-0.4, -0.2) is 51.3 Å². The molecule has 0 aliphatic heterocycles. The van der Waals surface area contributed by atoms with Gasteiger partial charge < -0.3 is 14.2 Å². The average molecular weight is 422 g/mol. The van der Waals surface area contributed by atoms with Gasteiger partial charge in [0.15, 0.2) is 0 Å². The number of hydrogen-bond acceptors (Lipinski definition) is 8. The second kappa shape index (κ2) is 8.68. The molecular formula is C17H27NO7S2. The van der Waals surface area contributed by atoms with E-state index in [-0.39, 0.29) is 16.4 Å². The first kappa shape index (κ1) is 23.5. The summed E-state index contributed by atoms with van der Waals surface area (Å²) in [5, 5.41) is 1.45. The van der Waals surface area contributed by atoms with Gasteiger partial charge in [-0.1, -0.05) is 0 Å². The number of thiophene rings is 1. The maximum Gasteiger partial charge on any atom is 0.349 e. The Morgan fingerprint density at radius 3 is 2.22 bits per heavy atom. The molecule has 0 bridgehead atoms. The molecule has 1 rings (SSSR count). The van der Waals surface area contributed by atoms with Crippen LogP contribution in [0, 0.1) is 0 Å². The molecule has 8 nitrogen and oxygen atoms in total. The largest absolute Gasteiger partial charge is 0.465 e. The molecule has 0 saturated heterocycles. The summed E-state index contributed by atoms with van der Waals surface area (Å²) in [5.74, 6) is -1.55. The first-order valence-corrected chi connectivity index (χ1v) is 10.6. The van der Waals surface area contributed by atoms with Crippen molar-refractivity contribution in [2.24, 2.45) is 0 Å². The molecule has 1 aromatic rings. The van der Waals surface area contributed by atoms with Gasteiger partial charge in [0.25, 0.3) is 0 Å². The van der Waals surface area contributed by atoms with E-state index in [1.165, 1.54) is 11.4 Å². The molecule has 0 spiro atoms. The summed E-state index contributed by atoms with van der Waals surface area (Å²) in [6.07, 6.45) is 0. The van der Waals surface area contributed by atoms with E-state index in [0.717, 1.165) is 18.4 Å². The van der Waals surface area contributed by atoms with Gasteiger partial charge >= 0.3 is 11.9 Å². The highest BCUT2D eigenvalue weighted by atomic mass is 32.2. The topological polar surface area (TPSA) is 108 Å². The summed E-state index contributed by atoms with van der Waals surface area (Å²) in [7, 11) is -3.03. The van der Waals surface area contributed by atoms with E-state index >= 15 is 0 Å². The number of ether oxygens (including phenoxy) is 3. The molecule has 0 amide bonds. The molecule has 0 aromatic carbocycles. The Bertz CT molecular complexity index is 770. The van der Waals surface area contributed by atoms with Crippen molar-refractivity contribution >= 4 is 33.3 Å². The molecule has 0 aliphatic rings. The van der Waals surface area contributed by atoms with Crippen molar-refractivity contribution in [1.82, 2.24) is 4.72 Å². The van der Waals surface area contributed by atoms with Crippen LogP contribution < -0.4 is 4.72 Å². The third kappa shape index (κ3) is 7.57. The van der Waals surface area contributed by atoms with Crippen LogP contribution in [0.2, 0.25) is 0 Å². The number of hydrogen-bond donors (Lipinski definition) is 1. The summed E-state index contributed by atoms with van der Waals surface area (Å²) in [5.41, 5.74) is -1.40. The minimum Gasteiger partial charge on any atom is -0.465 e. The summed E-state index contributed by atoms with van der Waals surface area (Å²) in [4.78, 5) is 23.9. The molecule has 0 saturated carbocycles. The molecule has 1 aromatic heterocycles. The molecule has 0 radical (unpaired) electrons. The van der Waals surface area contributed by atoms with Crippen LogP contribution >= 0.6 is 11.3 Å². The Hall–Kier alpha value is -1.49. The number of esters is 2. The molecule has 10 heteroatoms. The van der Waals surface area contributed by atoms with Gasteiger partial charge in [0, 0.05) is 0 Å². The summed E-state index contributed by atoms with van der Waals surface area (Å²) in [6, 6.07) is -0.00502. The lowest BCUT2D eigenvalue weighted by Crippen LogP contribution is -2.48. The fraction of sp³-hybridized carbons (Fsp3) is 0.647. The Morgan fingerprint density at radius 1 is 1.15 bits per heavy atom. The fourth-order valence-electron chi connectivity index (χ4n) is 1.86. The summed E-state index contributed by atoms with van der Waals surface area (Å²) < 4.78 is 43.3. The lowest BCUT2D eigenvalue weighted by Gasteiger charge is -2.27. The van der Waals surface area contributed by atoms with E-state index in [1.54, 1.807) is 41.5 Å². The number of nitrogens with one attached hydrogen (secondary N) is 1. The van der Waals surface area contributed by atoms with Crippen LogP contribution in [0.15, 0.2) is 16.3 Å². The van der Waals surface area contributed by atoms with Gasteiger partial charge in [0.1, 0.15) is 21.4 Å². The molecule has 1 atom stereocenters. The number of carbonyl (C=O) groups excluding carboxylic acids is 2. The van der Waals surface area contributed by atoms with Crippen molar-refractivity contribution in [3.8, 4) is 0 Å². The van der Waals surface area contributed by atoms with Crippen LogP contribution in [-0.2, 0) is 29.0 Å². The lowest BCUT2D eigenvalue weighted by atomic mass is 10.2. The standard InChI is InChI=1S/C17H27NO7S2/c1-16(2,3)24-10-11(14(19)25-17(4,5)6)18-27(21,22)12-8-9-26-13(12)15(20)23-7/h8-9,11,18H,10H2,1-7H3. The minimum absolute atomic E-state index is 0.0790. The van der Waals surface area contributed by atoms with Gasteiger partial charge in [0.2, 0.25) is 10.0 Å². The number of sulfonamides is 1. The normalized spacial score (nSPS) is 13.9. The minimum atomic E-state index is -4.19. The van der Waals surface area contributed by atoms with E-state index in [0.29, 0.717) is 0 Å². The summed E-state index contributed by atoms with van der Waals surface area (Å²) in [6.45, 7) is 10.1. The van der Waals surface area contributed by atoms with Gasteiger partial charge in [-0.25, -0.2) is 13.2 Å². The lowest BCUT2D eigenvalue weighted by molar-refractivity contribution is -0.159. The smallest absolute Gasteiger partial charge is 0.349 e. The van der Waals surface area contributed by atoms with Gasteiger partial charge in [-0.3, -0.25) is 4.79 Å². The van der Waals surface area contributed by atoms with Gasteiger partial charge in [-0.15, -0.1) is 11.3 Å². The van der Waals surface area contributed by atoms with Gasteiger partial charge in [-0.2, -0.15) is 4.72 Å². The Morgan fingerprint density at radius 2 is 1.74 bits per heavy atom. The number of rotatable bonds is 7. The first-order valence-electron chi connectivity index (χ1n) is 8.21. The average Bonchev–Trinajstić information content (AvgIpc) is 2.98. The zero-order valence-corrected chi connectivity index (χ0v) is 18.2. The van der Waals surface area contributed by atoms with E-state index in [4.69, 9.17) is 9.47 Å². The third-order valence-corrected chi connectivity index (χ3v) is 5.50. The van der Waals surface area contributed by atoms with E-state index < -0.39 is 39.2 Å². The third-order valence-electron chi connectivity index (χ3n) is 2.96. The molecule has 1 unspecified atom stereocenters. The molecular weight excluding hydrogens is 394 g/mol. The van der Waals surface area contributed by atoms with Crippen molar-refractivity contribution in [2.75, 3.05) is 13.7 Å². The number of methoxy groups -OCH3 is 1. The van der Waals surface area contributed by atoms with Crippen molar-refractivity contribution in [1.29, 1.82) is 0 Å². The fourth-order valence-corrected chi connectivity index (χ4v) is 4.36. The highest BCUT2D eigenvalue weighted by Gasteiger charge is 2.33. The highest BCUT2D eigenvalue weighted by molar-refractivity contribution is 7.89. The van der Waals surface area contributed by atoms with Gasteiger partial charge in [-0.05, 0) is 53.0 Å². The van der Waals surface area contributed by atoms with Crippen molar-refractivity contribution in [3.63, 3.8) is 0 Å². The predicted octanol–water partition coefficient (Wildman–Crippen LogP) is 2.34. The zero-order chi connectivity index (χ0) is 21.0. The van der Waals surface area contributed by atoms with Crippen LogP contribution in [0.5, 0.6) is 0 Å². The van der Waals surface area contributed by atoms with Crippen molar-refractivity contribution in [2.45, 2.75) is 63.7 Å². The maximum atomic E-state index is 12.8. The summed E-state index contributed by atoms with van der Waals surface area (Å²) >= 11 is 0.931. The predicted molar refractivity (Wildman–Crippen MR) is 101 cm³/mol. The van der Waals surface area contributed by atoms with Crippen LogP contribution in [0.25, 0.3) is 0 Å². The van der Waals surface area contributed by atoms with E-state index in [2.05, 4.69) is 9.46 Å². The zero-order valence-electron chi connectivity index (χ0n) is 16.6. The molecule has 1 heterocycles. The van der Waals surface area contributed by atoms with Crippen LogP contribution in [0.3, 0.4) is 0 Å². The highest BCUT2D eigenvalue weighted by Crippen LogP contribution is 2.23. The Labute approximate surface area is 164 Å². The first-order chi connectivity index (χ1) is 12.2. The second-order valence-electron chi connectivity index (χ2n) is 7.74. The Balaban J connectivity index is 3.14. The second-order valence-corrected chi connectivity index (χ2v) is 10.3. The van der Waals surface area contributed by atoms with Crippen LogP contribution in [0.1, 0.15) is 51.2 Å². The quantitative estimate of drug-likeness (QED) is 0.673. The van der Waals surface area contributed by atoms with Crippen LogP contribution in [0.4, 0.5) is 0 Å². The maximum absolute atomic E-state index is 12.8. The van der Waals surface area contributed by atoms with Crippen molar-refractivity contribution in [3.05, 3.63) is 16.3 Å². The monoisotopic (exact) mass is 421 g/mol. The molecule has 154 valence electrons. The van der Waals surface area contributed by atoms with E-state index in [9.17, 15) is 18.0 Å².